The monoisotopic (exact) mass is 394 g/mol. The predicted molar refractivity (Wildman–Crippen MR) is 108 cm³/mol. The van der Waals surface area contributed by atoms with Crippen molar-refractivity contribution in [2.24, 2.45) is 5.92 Å². The van der Waals surface area contributed by atoms with Crippen LogP contribution in [0.4, 0.5) is 0 Å². The Hall–Kier alpha value is -1.89. The van der Waals surface area contributed by atoms with Crippen LogP contribution >= 0.6 is 11.8 Å². The van der Waals surface area contributed by atoms with Crippen LogP contribution in [0.15, 0.2) is 18.2 Å². The van der Waals surface area contributed by atoms with E-state index >= 15 is 0 Å². The Balaban J connectivity index is 1.95. The van der Waals surface area contributed by atoms with Crippen LogP contribution in [-0.2, 0) is 16.1 Å². The van der Waals surface area contributed by atoms with Crippen LogP contribution in [0.3, 0.4) is 0 Å². The van der Waals surface area contributed by atoms with E-state index in [1.54, 1.807) is 11.8 Å². The van der Waals surface area contributed by atoms with Crippen molar-refractivity contribution < 1.29 is 19.1 Å². The Bertz CT molecular complexity index is 636. The van der Waals surface area contributed by atoms with E-state index in [1.165, 1.54) is 0 Å². The zero-order valence-electron chi connectivity index (χ0n) is 16.4. The fourth-order valence-electron chi connectivity index (χ4n) is 2.84. The Labute approximate surface area is 165 Å². The zero-order chi connectivity index (χ0) is 19.6. The molecule has 1 heterocycles. The number of nitrogens with one attached hydrogen (secondary N) is 2. The van der Waals surface area contributed by atoms with Crippen molar-refractivity contribution in [1.29, 1.82) is 0 Å². The molecule has 1 aliphatic heterocycles. The van der Waals surface area contributed by atoms with E-state index in [0.717, 1.165) is 24.2 Å². The molecule has 0 radical (unpaired) electrons. The molecular weight excluding hydrogens is 364 g/mol. The van der Waals surface area contributed by atoms with E-state index in [9.17, 15) is 9.59 Å². The molecule has 0 aliphatic carbocycles. The van der Waals surface area contributed by atoms with Crippen LogP contribution < -0.4 is 20.1 Å². The summed E-state index contributed by atoms with van der Waals surface area (Å²) in [5.74, 6) is 2.08. The zero-order valence-corrected chi connectivity index (χ0v) is 17.2. The van der Waals surface area contributed by atoms with Gasteiger partial charge in [0, 0.05) is 24.9 Å². The Kier molecular flexibility index (Phi) is 8.78. The number of hydrogen-bond acceptors (Lipinski definition) is 5. The van der Waals surface area contributed by atoms with Gasteiger partial charge in [-0.25, -0.2) is 0 Å². The Morgan fingerprint density at radius 3 is 2.74 bits per heavy atom. The summed E-state index contributed by atoms with van der Waals surface area (Å²) in [6.45, 7) is 5.41. The first kappa shape index (κ1) is 21.4. The van der Waals surface area contributed by atoms with Gasteiger partial charge in [-0.1, -0.05) is 26.0 Å². The number of rotatable bonds is 9. The molecule has 0 bridgehead atoms. The quantitative estimate of drug-likeness (QED) is 0.630. The third-order valence-corrected chi connectivity index (χ3v) is 5.02. The summed E-state index contributed by atoms with van der Waals surface area (Å²) in [5, 5.41) is 5.80. The van der Waals surface area contributed by atoms with Crippen LogP contribution in [0.2, 0.25) is 0 Å². The second-order valence-electron chi connectivity index (χ2n) is 6.90. The molecule has 2 rings (SSSR count). The summed E-state index contributed by atoms with van der Waals surface area (Å²) in [6.07, 6.45) is 4.10. The van der Waals surface area contributed by atoms with E-state index in [0.29, 0.717) is 37.7 Å². The number of amides is 2. The molecule has 7 heteroatoms. The van der Waals surface area contributed by atoms with Crippen LogP contribution in [0.5, 0.6) is 11.5 Å². The SMILES string of the molecule is CSCCCC(=O)N[C@H](C(=O)NCc1cccc2c1OCCCO2)C(C)C. The van der Waals surface area contributed by atoms with Crippen LogP contribution in [0.25, 0.3) is 0 Å². The summed E-state index contributed by atoms with van der Waals surface area (Å²) in [5.41, 5.74) is 0.872. The van der Waals surface area contributed by atoms with Crippen molar-refractivity contribution in [2.45, 2.75) is 45.7 Å². The summed E-state index contributed by atoms with van der Waals surface area (Å²) in [4.78, 5) is 24.8. The van der Waals surface area contributed by atoms with E-state index in [1.807, 2.05) is 38.3 Å². The van der Waals surface area contributed by atoms with Gasteiger partial charge < -0.3 is 20.1 Å². The number of para-hydroxylation sites is 1. The number of hydrogen-bond donors (Lipinski definition) is 2. The lowest BCUT2D eigenvalue weighted by Gasteiger charge is -2.22. The molecule has 1 aliphatic rings. The molecule has 27 heavy (non-hydrogen) atoms. The van der Waals surface area contributed by atoms with Gasteiger partial charge in [-0.05, 0) is 30.4 Å². The van der Waals surface area contributed by atoms with Crippen molar-refractivity contribution in [3.05, 3.63) is 23.8 Å². The highest BCUT2D eigenvalue weighted by Crippen LogP contribution is 2.33. The van der Waals surface area contributed by atoms with E-state index in [4.69, 9.17) is 9.47 Å². The molecule has 150 valence electrons. The standard InChI is InChI=1S/C20H30N2O4S/c1-14(2)18(22-17(23)9-5-12-27-3)20(24)21-13-15-7-4-8-16-19(15)26-11-6-10-25-16/h4,7-8,14,18H,5-6,9-13H2,1-3H3,(H,21,24)(H,22,23)/t18-/m0/s1. The first-order chi connectivity index (χ1) is 13.0. The lowest BCUT2D eigenvalue weighted by molar-refractivity contribution is -0.130. The van der Waals surface area contributed by atoms with Gasteiger partial charge in [0.25, 0.3) is 0 Å². The van der Waals surface area contributed by atoms with Crippen LogP contribution in [-0.4, -0.2) is 43.1 Å². The van der Waals surface area contributed by atoms with Gasteiger partial charge in [0.05, 0.1) is 13.2 Å². The Morgan fingerprint density at radius 2 is 2.00 bits per heavy atom. The molecule has 6 nitrogen and oxygen atoms in total. The van der Waals surface area contributed by atoms with Crippen molar-refractivity contribution in [2.75, 3.05) is 25.2 Å². The average molecular weight is 395 g/mol. The highest BCUT2D eigenvalue weighted by atomic mass is 32.2. The first-order valence-electron chi connectivity index (χ1n) is 9.46. The van der Waals surface area contributed by atoms with Gasteiger partial charge in [0.2, 0.25) is 11.8 Å². The highest BCUT2D eigenvalue weighted by Gasteiger charge is 2.24. The first-order valence-corrected chi connectivity index (χ1v) is 10.9. The van der Waals surface area contributed by atoms with E-state index in [-0.39, 0.29) is 17.7 Å². The number of thioether (sulfide) groups is 1. The number of carbonyl (C=O) groups is 2. The summed E-state index contributed by atoms with van der Waals surface area (Å²) in [6, 6.07) is 5.13. The molecule has 2 N–H and O–H groups in total. The minimum Gasteiger partial charge on any atom is -0.490 e. The minimum atomic E-state index is -0.550. The smallest absolute Gasteiger partial charge is 0.243 e. The summed E-state index contributed by atoms with van der Waals surface area (Å²) >= 11 is 1.71. The normalized spacial score (nSPS) is 14.4. The lowest BCUT2D eigenvalue weighted by Crippen LogP contribution is -2.49. The molecule has 0 spiro atoms. The number of fused-ring (bicyclic) bond motifs is 1. The average Bonchev–Trinajstić information content (AvgIpc) is 2.90. The molecule has 0 saturated carbocycles. The molecule has 1 atom stereocenters. The highest BCUT2D eigenvalue weighted by molar-refractivity contribution is 7.98. The molecule has 0 saturated heterocycles. The van der Waals surface area contributed by atoms with Gasteiger partial charge in [0.1, 0.15) is 6.04 Å². The maximum absolute atomic E-state index is 12.7. The van der Waals surface area contributed by atoms with Crippen molar-refractivity contribution in [3.8, 4) is 11.5 Å². The maximum Gasteiger partial charge on any atom is 0.243 e. The van der Waals surface area contributed by atoms with Gasteiger partial charge >= 0.3 is 0 Å². The molecule has 1 aromatic carbocycles. The molecule has 1 aromatic rings. The summed E-state index contributed by atoms with van der Waals surface area (Å²) in [7, 11) is 0. The van der Waals surface area contributed by atoms with Crippen molar-refractivity contribution in [1.82, 2.24) is 10.6 Å². The van der Waals surface area contributed by atoms with Crippen LogP contribution in [0, 0.1) is 5.92 Å². The Morgan fingerprint density at radius 1 is 1.22 bits per heavy atom. The molecular formula is C20H30N2O4S. The number of benzene rings is 1. The third kappa shape index (κ3) is 6.65. The van der Waals surface area contributed by atoms with Gasteiger partial charge in [-0.2, -0.15) is 11.8 Å². The van der Waals surface area contributed by atoms with Crippen molar-refractivity contribution >= 4 is 23.6 Å². The largest absolute Gasteiger partial charge is 0.490 e. The minimum absolute atomic E-state index is 0.00183. The fraction of sp³-hybridized carbons (Fsp3) is 0.600. The van der Waals surface area contributed by atoms with Crippen molar-refractivity contribution in [3.63, 3.8) is 0 Å². The fourth-order valence-corrected chi connectivity index (χ4v) is 3.28. The second-order valence-corrected chi connectivity index (χ2v) is 7.88. The lowest BCUT2D eigenvalue weighted by atomic mass is 10.0. The maximum atomic E-state index is 12.7. The molecule has 0 unspecified atom stereocenters. The summed E-state index contributed by atoms with van der Waals surface area (Å²) < 4.78 is 11.5. The van der Waals surface area contributed by atoms with E-state index in [2.05, 4.69) is 10.6 Å². The van der Waals surface area contributed by atoms with Gasteiger partial charge in [-0.3, -0.25) is 9.59 Å². The molecule has 0 aromatic heterocycles. The number of ether oxygens (including phenoxy) is 2. The van der Waals surface area contributed by atoms with Gasteiger partial charge in [-0.15, -0.1) is 0 Å². The molecule has 2 amide bonds. The van der Waals surface area contributed by atoms with Crippen LogP contribution in [0.1, 0.15) is 38.7 Å². The second kappa shape index (κ2) is 11.1. The third-order valence-electron chi connectivity index (χ3n) is 4.32. The molecule has 0 fully saturated rings. The topological polar surface area (TPSA) is 76.7 Å². The van der Waals surface area contributed by atoms with E-state index < -0.39 is 6.04 Å². The predicted octanol–water partition coefficient (Wildman–Crippen LogP) is 2.75. The number of carbonyl (C=O) groups excluding carboxylic acids is 2. The van der Waals surface area contributed by atoms with Gasteiger partial charge in [0.15, 0.2) is 11.5 Å².